The summed E-state index contributed by atoms with van der Waals surface area (Å²) in [5.41, 5.74) is 4.57. The quantitative estimate of drug-likeness (QED) is 0.331. The number of fused-ring (bicyclic) bond motifs is 1. The Morgan fingerprint density at radius 2 is 1.70 bits per heavy atom. The molecule has 1 aliphatic heterocycles. The molecule has 1 amide bonds. The standard InChI is InChI=1S/C30H26BrN3O2S/c1-18(2)21-11-13-22(14-12-21)27-26(28(35)33-24-7-5-4-6-8-24)19(3)32-30-34(27)29(36)25(37-30)17-20-9-15-23(31)16-10-20/h4-18,27H,1-3H3,(H,33,35)/b25-17-. The van der Waals surface area contributed by atoms with Crippen molar-refractivity contribution in [2.24, 2.45) is 4.99 Å². The molecule has 186 valence electrons. The van der Waals surface area contributed by atoms with E-state index in [1.165, 1.54) is 16.9 Å². The summed E-state index contributed by atoms with van der Waals surface area (Å²) in [5, 5.41) is 2.99. The number of nitrogens with zero attached hydrogens (tertiary/aromatic N) is 2. The Balaban J connectivity index is 1.67. The maximum Gasteiger partial charge on any atom is 0.271 e. The number of aromatic nitrogens is 1. The topological polar surface area (TPSA) is 63.5 Å². The molecule has 5 rings (SSSR count). The van der Waals surface area contributed by atoms with Crippen LogP contribution in [0.15, 0.2) is 104 Å². The highest BCUT2D eigenvalue weighted by Crippen LogP contribution is 2.31. The first kappa shape index (κ1) is 25.1. The van der Waals surface area contributed by atoms with Crippen molar-refractivity contribution in [3.05, 3.63) is 131 Å². The molecular weight excluding hydrogens is 546 g/mol. The SMILES string of the molecule is CC1=C(C(=O)Nc2ccccc2)C(c2ccc(C(C)C)cc2)n2c(s/c(=C\c3ccc(Br)cc3)c2=O)=N1. The Kier molecular flexibility index (Phi) is 7.09. The van der Waals surface area contributed by atoms with Gasteiger partial charge in [-0.25, -0.2) is 4.99 Å². The third-order valence-electron chi connectivity index (χ3n) is 6.38. The molecule has 37 heavy (non-hydrogen) atoms. The van der Waals surface area contributed by atoms with Gasteiger partial charge in [0.2, 0.25) is 0 Å². The first-order valence-corrected chi connectivity index (χ1v) is 13.7. The molecule has 0 saturated carbocycles. The van der Waals surface area contributed by atoms with Crippen molar-refractivity contribution in [2.75, 3.05) is 5.32 Å². The summed E-state index contributed by atoms with van der Waals surface area (Å²) in [6, 6.07) is 24.7. The summed E-state index contributed by atoms with van der Waals surface area (Å²) in [5.74, 6) is 0.104. The lowest BCUT2D eigenvalue weighted by Crippen LogP contribution is -2.40. The largest absolute Gasteiger partial charge is 0.322 e. The second-order valence-electron chi connectivity index (χ2n) is 9.27. The third kappa shape index (κ3) is 5.15. The van der Waals surface area contributed by atoms with Crippen LogP contribution in [-0.4, -0.2) is 10.5 Å². The Bertz CT molecular complexity index is 1670. The number of halogens is 1. The van der Waals surface area contributed by atoms with E-state index in [1.807, 2.05) is 79.7 Å². The molecule has 4 aromatic rings. The Morgan fingerprint density at radius 3 is 2.35 bits per heavy atom. The van der Waals surface area contributed by atoms with Gasteiger partial charge in [0.25, 0.3) is 11.5 Å². The number of anilines is 1. The van der Waals surface area contributed by atoms with Crippen LogP contribution in [-0.2, 0) is 4.79 Å². The van der Waals surface area contributed by atoms with Gasteiger partial charge in [-0.1, -0.05) is 95.7 Å². The maximum absolute atomic E-state index is 13.8. The lowest BCUT2D eigenvalue weighted by Gasteiger charge is -2.25. The Morgan fingerprint density at radius 1 is 1.03 bits per heavy atom. The summed E-state index contributed by atoms with van der Waals surface area (Å²) in [4.78, 5) is 32.7. The number of hydrogen-bond acceptors (Lipinski definition) is 4. The van der Waals surface area contributed by atoms with Gasteiger partial charge in [0.1, 0.15) is 0 Å². The molecular formula is C30H26BrN3O2S. The van der Waals surface area contributed by atoms with Crippen LogP contribution in [0.25, 0.3) is 6.08 Å². The van der Waals surface area contributed by atoms with E-state index in [2.05, 4.69) is 47.2 Å². The number of rotatable bonds is 5. The maximum atomic E-state index is 13.8. The lowest BCUT2D eigenvalue weighted by molar-refractivity contribution is -0.113. The van der Waals surface area contributed by atoms with Gasteiger partial charge in [-0.3, -0.25) is 14.2 Å². The number of allylic oxidation sites excluding steroid dienone is 1. The smallest absolute Gasteiger partial charge is 0.271 e. The normalized spacial score (nSPS) is 15.5. The Labute approximate surface area is 227 Å². The Hall–Kier alpha value is -3.55. The van der Waals surface area contributed by atoms with Crippen LogP contribution >= 0.6 is 27.3 Å². The van der Waals surface area contributed by atoms with Gasteiger partial charge in [0, 0.05) is 10.2 Å². The van der Waals surface area contributed by atoms with Crippen LogP contribution in [0.5, 0.6) is 0 Å². The van der Waals surface area contributed by atoms with Gasteiger partial charge in [-0.2, -0.15) is 0 Å². The van der Waals surface area contributed by atoms with Crippen molar-refractivity contribution in [3.63, 3.8) is 0 Å². The number of nitrogens with one attached hydrogen (secondary N) is 1. The van der Waals surface area contributed by atoms with Gasteiger partial charge in [-0.05, 0) is 59.9 Å². The van der Waals surface area contributed by atoms with Gasteiger partial charge in [0.05, 0.1) is 21.8 Å². The van der Waals surface area contributed by atoms with E-state index in [1.54, 1.807) is 4.57 Å². The van der Waals surface area contributed by atoms with E-state index in [9.17, 15) is 9.59 Å². The van der Waals surface area contributed by atoms with E-state index in [0.29, 0.717) is 32.2 Å². The molecule has 1 atom stereocenters. The molecule has 1 unspecified atom stereocenters. The first-order chi connectivity index (χ1) is 17.8. The highest BCUT2D eigenvalue weighted by Gasteiger charge is 2.32. The molecule has 1 aliphatic rings. The van der Waals surface area contributed by atoms with Crippen LogP contribution in [0.1, 0.15) is 49.4 Å². The molecule has 5 nitrogen and oxygen atoms in total. The predicted molar refractivity (Wildman–Crippen MR) is 154 cm³/mol. The zero-order valence-electron chi connectivity index (χ0n) is 20.7. The highest BCUT2D eigenvalue weighted by molar-refractivity contribution is 9.10. The van der Waals surface area contributed by atoms with Gasteiger partial charge >= 0.3 is 0 Å². The number of carbonyl (C=O) groups excluding carboxylic acids is 1. The van der Waals surface area contributed by atoms with E-state index in [0.717, 1.165) is 15.6 Å². The van der Waals surface area contributed by atoms with Crippen LogP contribution in [0, 0.1) is 0 Å². The van der Waals surface area contributed by atoms with E-state index >= 15 is 0 Å². The molecule has 1 N–H and O–H groups in total. The summed E-state index contributed by atoms with van der Waals surface area (Å²) >= 11 is 4.79. The monoisotopic (exact) mass is 571 g/mol. The summed E-state index contributed by atoms with van der Waals surface area (Å²) in [6.07, 6.45) is 1.87. The molecule has 7 heteroatoms. The lowest BCUT2D eigenvalue weighted by atomic mass is 9.93. The molecule has 2 heterocycles. The minimum absolute atomic E-state index is 0.165. The van der Waals surface area contributed by atoms with Crippen molar-refractivity contribution < 1.29 is 4.79 Å². The molecule has 0 spiro atoms. The number of hydrogen-bond donors (Lipinski definition) is 1. The molecule has 0 fully saturated rings. The van der Waals surface area contributed by atoms with E-state index in [-0.39, 0.29) is 11.5 Å². The minimum atomic E-state index is -0.590. The van der Waals surface area contributed by atoms with Crippen molar-refractivity contribution in [3.8, 4) is 0 Å². The summed E-state index contributed by atoms with van der Waals surface area (Å²) in [7, 11) is 0. The molecule has 0 aliphatic carbocycles. The van der Waals surface area contributed by atoms with Gasteiger partial charge < -0.3 is 5.32 Å². The number of benzene rings is 3. The minimum Gasteiger partial charge on any atom is -0.322 e. The molecule has 3 aromatic carbocycles. The summed E-state index contributed by atoms with van der Waals surface area (Å²) in [6.45, 7) is 6.12. The first-order valence-electron chi connectivity index (χ1n) is 12.1. The zero-order chi connectivity index (χ0) is 26.1. The van der Waals surface area contributed by atoms with E-state index < -0.39 is 6.04 Å². The molecule has 0 radical (unpaired) electrons. The predicted octanol–water partition coefficient (Wildman–Crippen LogP) is 5.76. The number of carbonyl (C=O) groups is 1. The highest BCUT2D eigenvalue weighted by atomic mass is 79.9. The molecule has 1 aromatic heterocycles. The van der Waals surface area contributed by atoms with Crippen molar-refractivity contribution in [1.29, 1.82) is 0 Å². The second kappa shape index (κ2) is 10.4. The van der Waals surface area contributed by atoms with Crippen LogP contribution < -0.4 is 20.2 Å². The number of para-hydroxylation sites is 1. The van der Waals surface area contributed by atoms with Crippen molar-refractivity contribution in [1.82, 2.24) is 4.57 Å². The zero-order valence-corrected chi connectivity index (χ0v) is 23.1. The van der Waals surface area contributed by atoms with Crippen molar-refractivity contribution in [2.45, 2.75) is 32.7 Å². The fraction of sp³-hybridized carbons (Fsp3) is 0.167. The fourth-order valence-electron chi connectivity index (χ4n) is 4.42. The van der Waals surface area contributed by atoms with E-state index in [4.69, 9.17) is 4.99 Å². The van der Waals surface area contributed by atoms with Crippen LogP contribution in [0.4, 0.5) is 5.69 Å². The van der Waals surface area contributed by atoms with Crippen LogP contribution in [0.3, 0.4) is 0 Å². The summed E-state index contributed by atoms with van der Waals surface area (Å²) < 4.78 is 3.20. The van der Waals surface area contributed by atoms with Crippen molar-refractivity contribution >= 4 is 44.9 Å². The van der Waals surface area contributed by atoms with Crippen LogP contribution in [0.2, 0.25) is 0 Å². The number of thiazole rings is 1. The average Bonchev–Trinajstić information content (AvgIpc) is 3.19. The number of amides is 1. The van der Waals surface area contributed by atoms with Gasteiger partial charge in [0.15, 0.2) is 4.80 Å². The average molecular weight is 573 g/mol. The second-order valence-corrected chi connectivity index (χ2v) is 11.2. The fourth-order valence-corrected chi connectivity index (χ4v) is 5.73. The third-order valence-corrected chi connectivity index (χ3v) is 7.90. The molecule has 0 bridgehead atoms. The molecule has 0 saturated heterocycles. The van der Waals surface area contributed by atoms with Gasteiger partial charge in [-0.15, -0.1) is 0 Å².